The van der Waals surface area contributed by atoms with Gasteiger partial charge < -0.3 is 14.8 Å². The van der Waals surface area contributed by atoms with Gasteiger partial charge in [0.15, 0.2) is 0 Å². The highest BCUT2D eigenvalue weighted by Gasteiger charge is 2.20. The molecule has 0 bridgehead atoms. The van der Waals surface area contributed by atoms with Crippen LogP contribution in [0.4, 0.5) is 0 Å². The van der Waals surface area contributed by atoms with Crippen LogP contribution in [0.25, 0.3) is 0 Å². The Morgan fingerprint density at radius 3 is 2.67 bits per heavy atom. The van der Waals surface area contributed by atoms with Crippen LogP contribution in [0.5, 0.6) is 5.88 Å². The van der Waals surface area contributed by atoms with Crippen LogP contribution in [0.2, 0.25) is 5.15 Å². The van der Waals surface area contributed by atoms with Crippen LogP contribution in [0.15, 0.2) is 42.6 Å². The summed E-state index contributed by atoms with van der Waals surface area (Å²) in [4.78, 5) is 17.0. The van der Waals surface area contributed by atoms with Crippen molar-refractivity contribution in [2.24, 2.45) is 0 Å². The molecule has 3 rings (SSSR count). The lowest BCUT2D eigenvalue weighted by Gasteiger charge is -2.11. The van der Waals surface area contributed by atoms with Crippen LogP contribution < -0.4 is 10.1 Å². The number of nitrogens with zero attached hydrogens (tertiary/aromatic N) is 3. The van der Waals surface area contributed by atoms with Crippen LogP contribution in [0.1, 0.15) is 32.7 Å². The SMILES string of the molecule is COCCOc1ncccc1CNC(=O)c1c(C)nn(Cc2ccc(C)cc2)c1Cl. The van der Waals surface area contributed by atoms with Crippen LogP contribution >= 0.6 is 11.6 Å². The molecule has 30 heavy (non-hydrogen) atoms. The largest absolute Gasteiger partial charge is 0.475 e. The number of carbonyl (C=O) groups is 1. The zero-order chi connectivity index (χ0) is 21.5. The lowest BCUT2D eigenvalue weighted by atomic mass is 10.1. The molecule has 1 N–H and O–H groups in total. The minimum Gasteiger partial charge on any atom is -0.475 e. The molecule has 0 atom stereocenters. The first-order valence-electron chi connectivity index (χ1n) is 9.62. The second-order valence-corrected chi connectivity index (χ2v) is 7.24. The van der Waals surface area contributed by atoms with Gasteiger partial charge in [-0.05, 0) is 25.5 Å². The highest BCUT2D eigenvalue weighted by atomic mass is 35.5. The van der Waals surface area contributed by atoms with E-state index >= 15 is 0 Å². The quantitative estimate of drug-likeness (QED) is 0.527. The van der Waals surface area contributed by atoms with Crippen molar-refractivity contribution in [2.75, 3.05) is 20.3 Å². The molecule has 0 radical (unpaired) electrons. The van der Waals surface area contributed by atoms with Crippen LogP contribution in [0, 0.1) is 13.8 Å². The Morgan fingerprint density at radius 2 is 1.93 bits per heavy atom. The first-order valence-corrected chi connectivity index (χ1v) is 9.99. The van der Waals surface area contributed by atoms with E-state index in [1.807, 2.05) is 37.3 Å². The highest BCUT2D eigenvalue weighted by molar-refractivity contribution is 6.33. The van der Waals surface area contributed by atoms with Gasteiger partial charge in [0.05, 0.1) is 24.4 Å². The first-order chi connectivity index (χ1) is 14.5. The fraction of sp³-hybridized carbons (Fsp3) is 0.318. The predicted octanol–water partition coefficient (Wildman–Crippen LogP) is 3.55. The minimum absolute atomic E-state index is 0.258. The predicted molar refractivity (Wildman–Crippen MR) is 115 cm³/mol. The molecule has 1 amide bonds. The summed E-state index contributed by atoms with van der Waals surface area (Å²) in [5.41, 5.74) is 3.96. The molecule has 0 unspecified atom stereocenters. The molecule has 0 saturated carbocycles. The first kappa shape index (κ1) is 21.8. The van der Waals surface area contributed by atoms with E-state index in [0.29, 0.717) is 42.0 Å². The van der Waals surface area contributed by atoms with Crippen molar-refractivity contribution in [3.63, 3.8) is 0 Å². The molecule has 2 aromatic heterocycles. The number of rotatable bonds is 9. The van der Waals surface area contributed by atoms with Crippen molar-refractivity contribution < 1.29 is 14.3 Å². The number of methoxy groups -OCH3 is 1. The third kappa shape index (κ3) is 5.37. The maximum absolute atomic E-state index is 12.8. The van der Waals surface area contributed by atoms with E-state index in [9.17, 15) is 4.79 Å². The van der Waals surface area contributed by atoms with Crippen molar-refractivity contribution in [3.05, 3.63) is 75.7 Å². The summed E-state index contributed by atoms with van der Waals surface area (Å²) in [6.07, 6.45) is 1.64. The van der Waals surface area contributed by atoms with Gasteiger partial charge in [-0.3, -0.25) is 4.79 Å². The fourth-order valence-corrected chi connectivity index (χ4v) is 3.28. The number of pyridine rings is 1. The molecule has 0 aliphatic carbocycles. The molecule has 8 heteroatoms. The molecule has 0 spiro atoms. The number of hydrogen-bond acceptors (Lipinski definition) is 5. The van der Waals surface area contributed by atoms with Gasteiger partial charge in [-0.15, -0.1) is 0 Å². The summed E-state index contributed by atoms with van der Waals surface area (Å²) in [7, 11) is 1.61. The lowest BCUT2D eigenvalue weighted by Crippen LogP contribution is -2.24. The highest BCUT2D eigenvalue weighted by Crippen LogP contribution is 2.22. The van der Waals surface area contributed by atoms with E-state index in [1.54, 1.807) is 31.0 Å². The Kier molecular flexibility index (Phi) is 7.43. The van der Waals surface area contributed by atoms with E-state index in [4.69, 9.17) is 21.1 Å². The van der Waals surface area contributed by atoms with Gasteiger partial charge in [-0.2, -0.15) is 5.10 Å². The molecule has 0 aliphatic rings. The number of nitrogens with one attached hydrogen (secondary N) is 1. The van der Waals surface area contributed by atoms with E-state index in [-0.39, 0.29) is 12.5 Å². The van der Waals surface area contributed by atoms with E-state index in [2.05, 4.69) is 15.4 Å². The smallest absolute Gasteiger partial charge is 0.256 e. The monoisotopic (exact) mass is 428 g/mol. The molecular weight excluding hydrogens is 404 g/mol. The number of amides is 1. The Labute approximate surface area is 181 Å². The van der Waals surface area contributed by atoms with Crippen molar-refractivity contribution in [1.82, 2.24) is 20.1 Å². The molecule has 0 saturated heterocycles. The number of ether oxygens (including phenoxy) is 2. The van der Waals surface area contributed by atoms with Gasteiger partial charge in [0, 0.05) is 25.4 Å². The summed E-state index contributed by atoms with van der Waals surface area (Å²) < 4.78 is 12.2. The van der Waals surface area contributed by atoms with Gasteiger partial charge in [-0.1, -0.05) is 47.5 Å². The van der Waals surface area contributed by atoms with Gasteiger partial charge >= 0.3 is 0 Å². The molecule has 158 valence electrons. The Balaban J connectivity index is 1.69. The minimum atomic E-state index is -0.292. The third-order valence-electron chi connectivity index (χ3n) is 4.56. The average molecular weight is 429 g/mol. The van der Waals surface area contributed by atoms with Gasteiger partial charge in [-0.25, -0.2) is 9.67 Å². The van der Waals surface area contributed by atoms with Crippen LogP contribution in [0.3, 0.4) is 0 Å². The van der Waals surface area contributed by atoms with E-state index in [1.165, 1.54) is 5.56 Å². The summed E-state index contributed by atoms with van der Waals surface area (Å²) in [6, 6.07) is 11.8. The number of benzene rings is 1. The molecule has 1 aromatic carbocycles. The van der Waals surface area contributed by atoms with Crippen LogP contribution in [-0.4, -0.2) is 41.0 Å². The van der Waals surface area contributed by atoms with Gasteiger partial charge in [0.25, 0.3) is 5.91 Å². The van der Waals surface area contributed by atoms with E-state index in [0.717, 1.165) is 11.1 Å². The molecular formula is C22H25ClN4O3. The summed E-state index contributed by atoms with van der Waals surface area (Å²) >= 11 is 6.49. The Morgan fingerprint density at radius 1 is 1.17 bits per heavy atom. The lowest BCUT2D eigenvalue weighted by molar-refractivity contribution is 0.0949. The van der Waals surface area contributed by atoms with Crippen LogP contribution in [-0.2, 0) is 17.8 Å². The molecule has 2 heterocycles. The summed E-state index contributed by atoms with van der Waals surface area (Å²) in [6.45, 7) is 5.40. The van der Waals surface area contributed by atoms with Crippen molar-refractivity contribution in [3.8, 4) is 5.88 Å². The Bertz CT molecular complexity index is 1000. The zero-order valence-corrected chi connectivity index (χ0v) is 18.1. The second kappa shape index (κ2) is 10.2. The summed E-state index contributed by atoms with van der Waals surface area (Å²) in [5, 5.41) is 7.64. The number of aromatic nitrogens is 3. The molecule has 3 aromatic rings. The maximum Gasteiger partial charge on any atom is 0.256 e. The summed E-state index contributed by atoms with van der Waals surface area (Å²) in [5.74, 6) is 0.173. The van der Waals surface area contributed by atoms with Crippen molar-refractivity contribution in [1.29, 1.82) is 0 Å². The fourth-order valence-electron chi connectivity index (χ4n) is 2.96. The molecule has 7 nitrogen and oxygen atoms in total. The topological polar surface area (TPSA) is 78.3 Å². The molecule has 0 fully saturated rings. The van der Waals surface area contributed by atoms with Gasteiger partial charge in [0.2, 0.25) is 5.88 Å². The van der Waals surface area contributed by atoms with Crippen molar-refractivity contribution in [2.45, 2.75) is 26.9 Å². The number of halogens is 1. The third-order valence-corrected chi connectivity index (χ3v) is 4.95. The Hall–Kier alpha value is -2.90. The normalized spacial score (nSPS) is 10.8. The number of aryl methyl sites for hydroxylation is 2. The molecule has 0 aliphatic heterocycles. The standard InChI is InChI=1S/C22H25ClN4O3/c1-15-6-8-17(9-7-15)14-27-20(23)19(16(2)26-27)21(28)25-13-18-5-4-10-24-22(18)30-12-11-29-3/h4-10H,11-14H2,1-3H3,(H,25,28). The van der Waals surface area contributed by atoms with Crippen molar-refractivity contribution >= 4 is 17.5 Å². The zero-order valence-electron chi connectivity index (χ0n) is 17.3. The number of carbonyl (C=O) groups excluding carboxylic acids is 1. The second-order valence-electron chi connectivity index (χ2n) is 6.89. The van der Waals surface area contributed by atoms with Gasteiger partial charge in [0.1, 0.15) is 11.8 Å². The van der Waals surface area contributed by atoms with E-state index < -0.39 is 0 Å². The average Bonchev–Trinajstić information content (AvgIpc) is 3.02. The maximum atomic E-state index is 12.8. The number of hydrogen-bond donors (Lipinski definition) is 1.